The van der Waals surface area contributed by atoms with E-state index >= 15 is 0 Å². The maximum atomic E-state index is 5.75. The minimum Gasteiger partial charge on any atom is -0.493 e. The highest BCUT2D eigenvalue weighted by molar-refractivity contribution is 9.10. The van der Waals surface area contributed by atoms with Crippen molar-refractivity contribution >= 4 is 15.9 Å². The highest BCUT2D eigenvalue weighted by Gasteiger charge is 2.11. The van der Waals surface area contributed by atoms with Crippen LogP contribution in [0.3, 0.4) is 0 Å². The van der Waals surface area contributed by atoms with E-state index in [1.54, 1.807) is 7.11 Å². The summed E-state index contributed by atoms with van der Waals surface area (Å²) in [5.74, 6) is 1.52. The summed E-state index contributed by atoms with van der Waals surface area (Å²) in [7, 11) is 3.57. The molecule has 0 atom stereocenters. The van der Waals surface area contributed by atoms with Gasteiger partial charge in [-0.15, -0.1) is 6.58 Å². The van der Waals surface area contributed by atoms with Gasteiger partial charge in [-0.2, -0.15) is 0 Å². The van der Waals surface area contributed by atoms with Gasteiger partial charge in [-0.05, 0) is 53.5 Å². The molecule has 0 spiro atoms. The maximum absolute atomic E-state index is 5.75. The van der Waals surface area contributed by atoms with E-state index in [4.69, 9.17) is 9.47 Å². The van der Waals surface area contributed by atoms with E-state index in [2.05, 4.69) is 27.8 Å². The molecule has 0 aliphatic carbocycles. The second-order valence-corrected chi connectivity index (χ2v) is 4.77. The number of allylic oxidation sites excluding steroid dienone is 1. The molecular weight excluding hydrogens is 294 g/mol. The van der Waals surface area contributed by atoms with E-state index < -0.39 is 0 Å². The van der Waals surface area contributed by atoms with Gasteiger partial charge in [-0.1, -0.05) is 6.08 Å². The van der Waals surface area contributed by atoms with Crippen LogP contribution in [-0.4, -0.2) is 20.8 Å². The molecule has 0 aliphatic heterocycles. The number of benzene rings is 1. The zero-order valence-electron chi connectivity index (χ0n) is 11.0. The van der Waals surface area contributed by atoms with Crippen molar-refractivity contribution in [2.24, 2.45) is 0 Å². The lowest BCUT2D eigenvalue weighted by atomic mass is 10.2. The topological polar surface area (TPSA) is 30.5 Å². The van der Waals surface area contributed by atoms with Gasteiger partial charge in [0.05, 0.1) is 18.2 Å². The fraction of sp³-hybridized carbons (Fsp3) is 0.429. The van der Waals surface area contributed by atoms with Gasteiger partial charge in [0.1, 0.15) is 0 Å². The number of halogens is 1. The SMILES string of the molecule is C=CCCCOc1c(Br)cc(CNC)cc1OC. The molecule has 100 valence electrons. The Hall–Kier alpha value is -1.00. The molecule has 1 aromatic rings. The van der Waals surface area contributed by atoms with Gasteiger partial charge in [-0.25, -0.2) is 0 Å². The number of methoxy groups -OCH3 is 1. The fourth-order valence-electron chi connectivity index (χ4n) is 1.62. The number of nitrogens with one attached hydrogen (secondary N) is 1. The zero-order valence-corrected chi connectivity index (χ0v) is 12.5. The van der Waals surface area contributed by atoms with Crippen molar-refractivity contribution in [3.8, 4) is 11.5 Å². The van der Waals surface area contributed by atoms with E-state index in [-0.39, 0.29) is 0 Å². The number of ether oxygens (including phenoxy) is 2. The molecule has 1 N–H and O–H groups in total. The van der Waals surface area contributed by atoms with Crippen LogP contribution in [0.1, 0.15) is 18.4 Å². The number of hydrogen-bond acceptors (Lipinski definition) is 3. The van der Waals surface area contributed by atoms with Gasteiger partial charge < -0.3 is 14.8 Å². The fourth-order valence-corrected chi connectivity index (χ4v) is 2.23. The minimum atomic E-state index is 0.659. The smallest absolute Gasteiger partial charge is 0.175 e. The number of hydrogen-bond donors (Lipinski definition) is 1. The van der Waals surface area contributed by atoms with Crippen LogP contribution >= 0.6 is 15.9 Å². The van der Waals surface area contributed by atoms with Gasteiger partial charge >= 0.3 is 0 Å². The first-order chi connectivity index (χ1) is 8.72. The Morgan fingerprint density at radius 2 is 2.22 bits per heavy atom. The average molecular weight is 314 g/mol. The van der Waals surface area contributed by atoms with Crippen LogP contribution in [-0.2, 0) is 6.54 Å². The molecular formula is C14H20BrNO2. The molecule has 0 saturated carbocycles. The third-order valence-corrected chi connectivity index (χ3v) is 3.06. The molecule has 0 unspecified atom stereocenters. The second kappa shape index (κ2) is 8.16. The summed E-state index contributed by atoms with van der Waals surface area (Å²) >= 11 is 3.53. The van der Waals surface area contributed by atoms with E-state index in [0.717, 1.165) is 40.9 Å². The molecule has 0 fully saturated rings. The largest absolute Gasteiger partial charge is 0.493 e. The Balaban J connectivity index is 2.79. The Labute approximate surface area is 117 Å². The Bertz CT molecular complexity index is 394. The van der Waals surface area contributed by atoms with Crippen molar-refractivity contribution in [2.45, 2.75) is 19.4 Å². The summed E-state index contributed by atoms with van der Waals surface area (Å²) < 4.78 is 12.0. The molecule has 0 bridgehead atoms. The van der Waals surface area contributed by atoms with E-state index in [1.165, 1.54) is 0 Å². The van der Waals surface area contributed by atoms with Gasteiger partial charge in [0.2, 0.25) is 0 Å². The first-order valence-corrected chi connectivity index (χ1v) is 6.77. The van der Waals surface area contributed by atoms with Crippen molar-refractivity contribution in [2.75, 3.05) is 20.8 Å². The first kappa shape index (κ1) is 15.1. The van der Waals surface area contributed by atoms with Crippen LogP contribution in [0.25, 0.3) is 0 Å². The lowest BCUT2D eigenvalue weighted by Gasteiger charge is -2.14. The van der Waals surface area contributed by atoms with Crippen molar-refractivity contribution in [1.82, 2.24) is 5.32 Å². The van der Waals surface area contributed by atoms with Crippen LogP contribution in [0.15, 0.2) is 29.3 Å². The van der Waals surface area contributed by atoms with Crippen LogP contribution in [0, 0.1) is 0 Å². The highest BCUT2D eigenvalue weighted by atomic mass is 79.9. The number of unbranched alkanes of at least 4 members (excludes halogenated alkanes) is 1. The lowest BCUT2D eigenvalue weighted by molar-refractivity contribution is 0.288. The summed E-state index contributed by atoms with van der Waals surface area (Å²) in [4.78, 5) is 0. The van der Waals surface area contributed by atoms with Gasteiger partial charge in [0.25, 0.3) is 0 Å². The molecule has 0 aromatic heterocycles. The third kappa shape index (κ3) is 4.35. The zero-order chi connectivity index (χ0) is 13.4. The summed E-state index contributed by atoms with van der Waals surface area (Å²) in [6, 6.07) is 4.03. The molecule has 0 saturated heterocycles. The van der Waals surface area contributed by atoms with E-state index in [0.29, 0.717) is 6.61 Å². The predicted molar refractivity (Wildman–Crippen MR) is 78.4 cm³/mol. The molecule has 1 rings (SSSR count). The second-order valence-electron chi connectivity index (χ2n) is 3.92. The predicted octanol–water partition coefficient (Wildman–Crippen LogP) is 3.52. The Morgan fingerprint density at radius 1 is 1.44 bits per heavy atom. The molecule has 0 aliphatic rings. The average Bonchev–Trinajstić information content (AvgIpc) is 2.36. The molecule has 0 amide bonds. The summed E-state index contributed by atoms with van der Waals surface area (Å²) in [6.07, 6.45) is 3.81. The summed E-state index contributed by atoms with van der Waals surface area (Å²) in [5.41, 5.74) is 1.15. The Kier molecular flexibility index (Phi) is 6.83. The van der Waals surface area contributed by atoms with Gasteiger partial charge in [0, 0.05) is 6.54 Å². The molecule has 3 nitrogen and oxygen atoms in total. The lowest BCUT2D eigenvalue weighted by Crippen LogP contribution is -2.06. The van der Waals surface area contributed by atoms with Gasteiger partial charge in [-0.3, -0.25) is 0 Å². The maximum Gasteiger partial charge on any atom is 0.175 e. The van der Waals surface area contributed by atoms with Crippen molar-refractivity contribution < 1.29 is 9.47 Å². The minimum absolute atomic E-state index is 0.659. The quantitative estimate of drug-likeness (QED) is 0.588. The molecule has 18 heavy (non-hydrogen) atoms. The van der Waals surface area contributed by atoms with Crippen molar-refractivity contribution in [1.29, 1.82) is 0 Å². The van der Waals surface area contributed by atoms with Gasteiger partial charge in [0.15, 0.2) is 11.5 Å². The summed E-state index contributed by atoms with van der Waals surface area (Å²) in [5, 5.41) is 3.11. The molecule has 1 aromatic carbocycles. The highest BCUT2D eigenvalue weighted by Crippen LogP contribution is 2.36. The Morgan fingerprint density at radius 3 is 2.83 bits per heavy atom. The van der Waals surface area contributed by atoms with Crippen molar-refractivity contribution in [3.05, 3.63) is 34.8 Å². The molecule has 4 heteroatoms. The van der Waals surface area contributed by atoms with Crippen LogP contribution in [0.2, 0.25) is 0 Å². The summed E-state index contributed by atoms with van der Waals surface area (Å²) in [6.45, 7) is 5.15. The normalized spacial score (nSPS) is 10.2. The third-order valence-electron chi connectivity index (χ3n) is 2.47. The van der Waals surface area contributed by atoms with E-state index in [1.807, 2.05) is 25.3 Å². The van der Waals surface area contributed by atoms with Crippen LogP contribution in [0.5, 0.6) is 11.5 Å². The molecule has 0 radical (unpaired) electrons. The van der Waals surface area contributed by atoms with Crippen molar-refractivity contribution in [3.63, 3.8) is 0 Å². The first-order valence-electron chi connectivity index (χ1n) is 5.97. The van der Waals surface area contributed by atoms with E-state index in [9.17, 15) is 0 Å². The van der Waals surface area contributed by atoms with Crippen LogP contribution in [0.4, 0.5) is 0 Å². The van der Waals surface area contributed by atoms with Crippen LogP contribution < -0.4 is 14.8 Å². The molecule has 0 heterocycles. The standard InChI is InChI=1S/C14H20BrNO2/c1-4-5-6-7-18-14-12(15)8-11(10-16-2)9-13(14)17-3/h4,8-9,16H,1,5-7,10H2,2-3H3. The monoisotopic (exact) mass is 313 g/mol. The number of rotatable bonds is 8.